The Morgan fingerprint density at radius 1 is 1.00 bits per heavy atom. The predicted octanol–water partition coefficient (Wildman–Crippen LogP) is 3.14. The second-order valence-corrected chi connectivity index (χ2v) is 3.67. The number of halogens is 1. The van der Waals surface area contributed by atoms with E-state index in [0.29, 0.717) is 0 Å². The fourth-order valence-electron chi connectivity index (χ4n) is 1.28. The summed E-state index contributed by atoms with van der Waals surface area (Å²) in [5, 5.41) is 0. The summed E-state index contributed by atoms with van der Waals surface area (Å²) in [6.07, 6.45) is 0. The third kappa shape index (κ3) is 1.30. The van der Waals surface area contributed by atoms with Crippen molar-refractivity contribution in [2.75, 3.05) is 5.73 Å². The lowest BCUT2D eigenvalue weighted by Gasteiger charge is -1.87. The summed E-state index contributed by atoms with van der Waals surface area (Å²) in [6, 6.07) is 12.1. The molecule has 0 aliphatic heterocycles. The Kier molecular flexibility index (Phi) is 1.77. The number of nitrogen functional groups attached to an aromatic ring is 1. The highest BCUT2D eigenvalue weighted by Crippen LogP contribution is 2.28. The van der Waals surface area contributed by atoms with Gasteiger partial charge < -0.3 is 5.73 Å². The molecule has 2 heteroatoms. The molecule has 2 rings (SSSR count). The maximum Gasteiger partial charge on any atom is 0.0326 e. The van der Waals surface area contributed by atoms with Crippen LogP contribution in [-0.2, 0) is 0 Å². The Hall–Kier alpha value is -1.02. The SMILES string of the molecule is Nc1cc2cccc(Br)cc-2c1. The van der Waals surface area contributed by atoms with E-state index in [1.54, 1.807) is 0 Å². The maximum absolute atomic E-state index is 5.67. The monoisotopic (exact) mass is 221 g/mol. The lowest BCUT2D eigenvalue weighted by molar-refractivity contribution is 1.77. The number of fused-ring (bicyclic) bond motifs is 1. The molecular formula is C10H8BrN. The van der Waals surface area contributed by atoms with Crippen LogP contribution in [0.4, 0.5) is 5.69 Å². The smallest absolute Gasteiger partial charge is 0.0326 e. The Morgan fingerprint density at radius 2 is 1.75 bits per heavy atom. The fourth-order valence-corrected chi connectivity index (χ4v) is 1.68. The average Bonchev–Trinajstić information content (AvgIpc) is 2.23. The second kappa shape index (κ2) is 2.79. The normalized spacial score (nSPS) is 10.4. The van der Waals surface area contributed by atoms with Gasteiger partial charge in [0.1, 0.15) is 0 Å². The zero-order valence-electron chi connectivity index (χ0n) is 6.42. The molecule has 12 heavy (non-hydrogen) atoms. The highest BCUT2D eigenvalue weighted by atomic mass is 79.9. The predicted molar refractivity (Wildman–Crippen MR) is 55.2 cm³/mol. The molecule has 2 aliphatic rings. The second-order valence-electron chi connectivity index (χ2n) is 2.75. The Labute approximate surface area is 79.7 Å². The van der Waals surface area contributed by atoms with Crippen molar-refractivity contribution in [1.29, 1.82) is 0 Å². The summed E-state index contributed by atoms with van der Waals surface area (Å²) >= 11 is 3.43. The lowest BCUT2D eigenvalue weighted by atomic mass is 10.2. The van der Waals surface area contributed by atoms with E-state index >= 15 is 0 Å². The van der Waals surface area contributed by atoms with Crippen molar-refractivity contribution in [3.8, 4) is 11.1 Å². The highest BCUT2D eigenvalue weighted by Gasteiger charge is 2.02. The molecule has 0 fully saturated rings. The number of rotatable bonds is 0. The Morgan fingerprint density at radius 3 is 2.58 bits per heavy atom. The lowest BCUT2D eigenvalue weighted by Crippen LogP contribution is -1.74. The summed E-state index contributed by atoms with van der Waals surface area (Å²) in [4.78, 5) is 0. The van der Waals surface area contributed by atoms with E-state index in [1.165, 1.54) is 11.1 Å². The van der Waals surface area contributed by atoms with Gasteiger partial charge in [-0.3, -0.25) is 0 Å². The Balaban J connectivity index is 2.72. The highest BCUT2D eigenvalue weighted by molar-refractivity contribution is 9.10. The van der Waals surface area contributed by atoms with Gasteiger partial charge in [0.15, 0.2) is 0 Å². The third-order valence-corrected chi connectivity index (χ3v) is 2.30. The van der Waals surface area contributed by atoms with Crippen molar-refractivity contribution in [3.63, 3.8) is 0 Å². The molecule has 2 aliphatic carbocycles. The summed E-state index contributed by atoms with van der Waals surface area (Å²) in [5.41, 5.74) is 8.84. The minimum absolute atomic E-state index is 0.822. The summed E-state index contributed by atoms with van der Waals surface area (Å²) in [6.45, 7) is 0. The van der Waals surface area contributed by atoms with Gasteiger partial charge in [-0.15, -0.1) is 0 Å². The number of hydrogen-bond acceptors (Lipinski definition) is 1. The molecule has 0 saturated heterocycles. The molecule has 0 aromatic rings. The quantitative estimate of drug-likeness (QED) is 0.727. The van der Waals surface area contributed by atoms with Crippen molar-refractivity contribution < 1.29 is 0 Å². The summed E-state index contributed by atoms with van der Waals surface area (Å²) < 4.78 is 1.07. The largest absolute Gasteiger partial charge is 0.399 e. The van der Waals surface area contributed by atoms with Crippen LogP contribution >= 0.6 is 15.9 Å². The van der Waals surface area contributed by atoms with Gasteiger partial charge in [-0.05, 0) is 35.4 Å². The zero-order chi connectivity index (χ0) is 8.55. The average molecular weight is 222 g/mol. The first-order valence-corrected chi connectivity index (χ1v) is 4.50. The summed E-state index contributed by atoms with van der Waals surface area (Å²) in [5.74, 6) is 0. The molecule has 0 spiro atoms. The van der Waals surface area contributed by atoms with Crippen LogP contribution in [0.5, 0.6) is 0 Å². The molecule has 0 aromatic heterocycles. The standard InChI is InChI=1S/C10H8BrN/c11-9-3-1-2-7-5-10(12)6-8(7)4-9/h1-6H,12H2. The first-order chi connectivity index (χ1) is 5.75. The van der Waals surface area contributed by atoms with Gasteiger partial charge >= 0.3 is 0 Å². The van der Waals surface area contributed by atoms with Crippen LogP contribution in [0.3, 0.4) is 0 Å². The number of anilines is 1. The van der Waals surface area contributed by atoms with Gasteiger partial charge in [0.25, 0.3) is 0 Å². The van der Waals surface area contributed by atoms with Gasteiger partial charge in [0.2, 0.25) is 0 Å². The first-order valence-electron chi connectivity index (χ1n) is 3.70. The van der Waals surface area contributed by atoms with Gasteiger partial charge in [-0.25, -0.2) is 0 Å². The van der Waals surface area contributed by atoms with Crippen molar-refractivity contribution in [2.24, 2.45) is 0 Å². The van der Waals surface area contributed by atoms with Crippen molar-refractivity contribution >= 4 is 21.6 Å². The zero-order valence-corrected chi connectivity index (χ0v) is 8.01. The molecule has 0 bridgehead atoms. The first kappa shape index (κ1) is 7.62. The van der Waals surface area contributed by atoms with E-state index in [4.69, 9.17) is 5.73 Å². The van der Waals surface area contributed by atoms with Crippen LogP contribution in [0.1, 0.15) is 0 Å². The van der Waals surface area contributed by atoms with Gasteiger partial charge in [0.05, 0.1) is 0 Å². The maximum atomic E-state index is 5.67. The van der Waals surface area contributed by atoms with Crippen molar-refractivity contribution in [1.82, 2.24) is 0 Å². The molecule has 0 atom stereocenters. The Bertz CT molecular complexity index is 384. The van der Waals surface area contributed by atoms with Crippen LogP contribution in [0, 0.1) is 0 Å². The van der Waals surface area contributed by atoms with Crippen molar-refractivity contribution in [3.05, 3.63) is 40.9 Å². The molecule has 0 saturated carbocycles. The minimum atomic E-state index is 0.822. The third-order valence-electron chi connectivity index (χ3n) is 1.80. The van der Waals surface area contributed by atoms with E-state index in [2.05, 4.69) is 28.1 Å². The van der Waals surface area contributed by atoms with Crippen LogP contribution < -0.4 is 5.73 Å². The van der Waals surface area contributed by atoms with E-state index in [0.717, 1.165) is 10.2 Å². The molecule has 0 aromatic carbocycles. The fraction of sp³-hybridized carbons (Fsp3) is 0. The molecule has 0 heterocycles. The van der Waals surface area contributed by atoms with Gasteiger partial charge in [-0.1, -0.05) is 28.1 Å². The van der Waals surface area contributed by atoms with Crippen LogP contribution in [-0.4, -0.2) is 0 Å². The molecule has 1 nitrogen and oxygen atoms in total. The van der Waals surface area contributed by atoms with Crippen LogP contribution in [0.15, 0.2) is 40.9 Å². The molecule has 0 unspecified atom stereocenters. The summed E-state index contributed by atoms with van der Waals surface area (Å²) in [7, 11) is 0. The number of nitrogens with two attached hydrogens (primary N) is 1. The van der Waals surface area contributed by atoms with E-state index in [1.807, 2.05) is 24.3 Å². The minimum Gasteiger partial charge on any atom is -0.399 e. The van der Waals surface area contributed by atoms with Gasteiger partial charge in [0, 0.05) is 10.2 Å². The molecular weight excluding hydrogens is 214 g/mol. The number of hydrogen-bond donors (Lipinski definition) is 1. The van der Waals surface area contributed by atoms with Crippen LogP contribution in [0.25, 0.3) is 11.1 Å². The van der Waals surface area contributed by atoms with Crippen LogP contribution in [0.2, 0.25) is 0 Å². The van der Waals surface area contributed by atoms with Gasteiger partial charge in [-0.2, -0.15) is 0 Å². The van der Waals surface area contributed by atoms with Crippen molar-refractivity contribution in [2.45, 2.75) is 0 Å². The van der Waals surface area contributed by atoms with E-state index in [9.17, 15) is 0 Å². The molecule has 0 radical (unpaired) electrons. The molecule has 60 valence electrons. The molecule has 0 amide bonds. The van der Waals surface area contributed by atoms with E-state index < -0.39 is 0 Å². The van der Waals surface area contributed by atoms with E-state index in [-0.39, 0.29) is 0 Å². The topological polar surface area (TPSA) is 26.0 Å². The molecule has 2 N–H and O–H groups in total.